The van der Waals surface area contributed by atoms with Crippen LogP contribution in [0.5, 0.6) is 5.75 Å². The number of carboxylic acids is 1. The van der Waals surface area contributed by atoms with Gasteiger partial charge in [0.2, 0.25) is 0 Å². The maximum absolute atomic E-state index is 12.9. The van der Waals surface area contributed by atoms with Gasteiger partial charge in [0.1, 0.15) is 11.4 Å². The molecular weight excluding hydrogens is 685 g/mol. The third kappa shape index (κ3) is 11.5. The summed E-state index contributed by atoms with van der Waals surface area (Å²) in [5, 5.41) is 16.0. The Morgan fingerprint density at radius 3 is 2.13 bits per heavy atom. The number of aryl methyl sites for hydroxylation is 4. The molecule has 0 atom stereocenters. The quantitative estimate of drug-likeness (QED) is 0.168. The summed E-state index contributed by atoms with van der Waals surface area (Å²) in [6.45, 7) is 4.69. The molecule has 3 heterocycles. The molecular formula is C36H41F3N6O7. The fourth-order valence-corrected chi connectivity index (χ4v) is 5.31. The van der Waals surface area contributed by atoms with Gasteiger partial charge in [0, 0.05) is 75.2 Å². The van der Waals surface area contributed by atoms with Crippen molar-refractivity contribution in [3.05, 3.63) is 101 Å². The highest BCUT2D eigenvalue weighted by Crippen LogP contribution is 2.19. The highest BCUT2D eigenvalue weighted by atomic mass is 19.4. The number of halogens is 3. The number of alkyl halides is 3. The van der Waals surface area contributed by atoms with Gasteiger partial charge in [-0.2, -0.15) is 13.2 Å². The summed E-state index contributed by atoms with van der Waals surface area (Å²) in [4.78, 5) is 49.5. The molecule has 2 aromatic heterocycles. The minimum Gasteiger partial charge on any atom is -0.497 e. The summed E-state index contributed by atoms with van der Waals surface area (Å²) in [5.41, 5.74) is 4.99. The monoisotopic (exact) mass is 726 g/mol. The lowest BCUT2D eigenvalue weighted by molar-refractivity contribution is -0.192. The van der Waals surface area contributed by atoms with Crippen LogP contribution >= 0.6 is 0 Å². The second-order valence-electron chi connectivity index (χ2n) is 11.9. The number of carbonyl (C=O) groups excluding carboxylic acids is 3. The van der Waals surface area contributed by atoms with E-state index < -0.39 is 12.1 Å². The van der Waals surface area contributed by atoms with Gasteiger partial charge >= 0.3 is 12.1 Å². The second-order valence-corrected chi connectivity index (χ2v) is 11.9. The first-order chi connectivity index (χ1) is 24.7. The number of anilines is 2. The summed E-state index contributed by atoms with van der Waals surface area (Å²) < 4.78 is 46.2. The molecule has 0 aliphatic carbocycles. The second kappa shape index (κ2) is 18.1. The van der Waals surface area contributed by atoms with E-state index in [1.807, 2.05) is 47.8 Å². The van der Waals surface area contributed by atoms with Gasteiger partial charge < -0.3 is 39.7 Å². The zero-order valence-electron chi connectivity index (χ0n) is 29.0. The molecule has 0 radical (unpaired) electrons. The van der Waals surface area contributed by atoms with E-state index in [-0.39, 0.29) is 17.7 Å². The number of carboxylic acid groups (broad SMARTS) is 1. The van der Waals surface area contributed by atoms with Gasteiger partial charge in [-0.25, -0.2) is 4.79 Å². The van der Waals surface area contributed by atoms with Gasteiger partial charge in [-0.3, -0.25) is 19.3 Å². The van der Waals surface area contributed by atoms with Crippen molar-refractivity contribution in [2.75, 3.05) is 57.1 Å². The van der Waals surface area contributed by atoms with Crippen LogP contribution in [-0.4, -0.2) is 95.5 Å². The first-order valence-corrected chi connectivity index (χ1v) is 16.3. The van der Waals surface area contributed by atoms with Crippen molar-refractivity contribution in [2.45, 2.75) is 19.0 Å². The summed E-state index contributed by atoms with van der Waals surface area (Å²) in [7, 11) is 5.39. The van der Waals surface area contributed by atoms with Crippen molar-refractivity contribution >= 4 is 35.1 Å². The number of ether oxygens (including phenoxy) is 2. The number of nitrogens with zero attached hydrogens (tertiary/aromatic N) is 3. The zero-order valence-corrected chi connectivity index (χ0v) is 29.0. The number of hydrogen-bond donors (Lipinski definition) is 4. The molecule has 3 amide bonds. The number of aliphatic carboxylic acids is 1. The molecule has 0 unspecified atom stereocenters. The van der Waals surface area contributed by atoms with E-state index in [1.165, 1.54) is 0 Å². The number of benzene rings is 2. The number of amides is 3. The predicted molar refractivity (Wildman–Crippen MR) is 187 cm³/mol. The van der Waals surface area contributed by atoms with Crippen LogP contribution in [0.25, 0.3) is 0 Å². The average Bonchev–Trinajstić information content (AvgIpc) is 3.68. The van der Waals surface area contributed by atoms with E-state index in [0.29, 0.717) is 40.5 Å². The smallest absolute Gasteiger partial charge is 0.490 e. The number of carbonyl (C=O) groups is 4. The summed E-state index contributed by atoms with van der Waals surface area (Å²) >= 11 is 0. The lowest BCUT2D eigenvalue weighted by Crippen LogP contribution is -2.41. The van der Waals surface area contributed by atoms with Crippen LogP contribution in [0.2, 0.25) is 0 Å². The molecule has 278 valence electrons. The molecule has 0 bridgehead atoms. The maximum Gasteiger partial charge on any atom is 0.490 e. The Morgan fingerprint density at radius 1 is 0.827 bits per heavy atom. The Bertz CT molecular complexity index is 1850. The van der Waals surface area contributed by atoms with Gasteiger partial charge in [-0.1, -0.05) is 6.07 Å². The van der Waals surface area contributed by atoms with Gasteiger partial charge in [-0.05, 0) is 73.0 Å². The van der Waals surface area contributed by atoms with Crippen molar-refractivity contribution in [1.82, 2.24) is 19.4 Å². The number of hydrogen-bond acceptors (Lipinski definition) is 7. The topological polar surface area (TPSA) is 156 Å². The Balaban J connectivity index is 0.000000785. The fourth-order valence-electron chi connectivity index (χ4n) is 5.31. The normalized spacial score (nSPS) is 13.0. The number of rotatable bonds is 12. The minimum absolute atomic E-state index is 0.0758. The summed E-state index contributed by atoms with van der Waals surface area (Å²) in [5.74, 6) is -2.74. The predicted octanol–water partition coefficient (Wildman–Crippen LogP) is 4.36. The van der Waals surface area contributed by atoms with Gasteiger partial charge in [0.15, 0.2) is 0 Å². The number of morpholine rings is 1. The Hall–Kier alpha value is -5.61. The lowest BCUT2D eigenvalue weighted by atomic mass is 10.1. The largest absolute Gasteiger partial charge is 0.497 e. The molecule has 2 aromatic carbocycles. The molecule has 0 spiro atoms. The summed E-state index contributed by atoms with van der Waals surface area (Å²) in [6, 6.07) is 17.5. The molecule has 0 saturated carbocycles. The van der Waals surface area contributed by atoms with E-state index in [2.05, 4.69) is 20.9 Å². The minimum atomic E-state index is -5.08. The number of methoxy groups -OCH3 is 1. The molecule has 16 heteroatoms. The van der Waals surface area contributed by atoms with Crippen LogP contribution < -0.4 is 20.7 Å². The van der Waals surface area contributed by atoms with Crippen molar-refractivity contribution in [2.24, 2.45) is 14.1 Å². The van der Waals surface area contributed by atoms with Crippen LogP contribution in [0.1, 0.15) is 42.5 Å². The van der Waals surface area contributed by atoms with E-state index >= 15 is 0 Å². The van der Waals surface area contributed by atoms with Crippen molar-refractivity contribution < 1.29 is 46.9 Å². The third-order valence-electron chi connectivity index (χ3n) is 8.13. The molecule has 1 aliphatic rings. The van der Waals surface area contributed by atoms with Gasteiger partial charge in [0.05, 0.1) is 26.0 Å². The molecule has 4 aromatic rings. The SMILES string of the molecule is COc1cccc(C(=O)Nc2ccc(C(=O)Nc3cc(CCc4cc(C(=O)NCCN5CCOCC5)n(C)c4)n(C)c3)cc2)c1.O=C(O)C(F)(F)F. The van der Waals surface area contributed by atoms with E-state index in [0.717, 1.165) is 56.9 Å². The molecule has 4 N–H and O–H groups in total. The Labute approximate surface area is 298 Å². The number of nitrogens with one attached hydrogen (secondary N) is 3. The van der Waals surface area contributed by atoms with Crippen molar-refractivity contribution in [3.63, 3.8) is 0 Å². The highest BCUT2D eigenvalue weighted by molar-refractivity contribution is 6.06. The maximum atomic E-state index is 12.9. The van der Waals surface area contributed by atoms with Crippen molar-refractivity contribution in [3.8, 4) is 5.75 Å². The lowest BCUT2D eigenvalue weighted by Gasteiger charge is -2.26. The van der Waals surface area contributed by atoms with Gasteiger partial charge in [-0.15, -0.1) is 0 Å². The summed E-state index contributed by atoms with van der Waals surface area (Å²) in [6.07, 6.45) is 0.291. The number of aromatic nitrogens is 2. The Morgan fingerprint density at radius 2 is 1.48 bits per heavy atom. The van der Waals surface area contributed by atoms with E-state index in [9.17, 15) is 27.6 Å². The third-order valence-corrected chi connectivity index (χ3v) is 8.13. The Kier molecular flexibility index (Phi) is 13.6. The van der Waals surface area contributed by atoms with Crippen molar-refractivity contribution in [1.29, 1.82) is 0 Å². The first-order valence-electron chi connectivity index (χ1n) is 16.3. The van der Waals surface area contributed by atoms with Crippen LogP contribution in [0, 0.1) is 0 Å². The van der Waals surface area contributed by atoms with E-state index in [1.54, 1.807) is 55.6 Å². The average molecular weight is 727 g/mol. The molecule has 1 aliphatic heterocycles. The first kappa shape index (κ1) is 39.2. The van der Waals surface area contributed by atoms with Crippen LogP contribution in [0.4, 0.5) is 24.5 Å². The standard InChI is InChI=1S/C34H40N6O5.C2HF3O2/c1-38-23-28(37-32(41)25-8-10-27(11-9-25)36-33(42)26-5-4-6-30(20-26)44-3)21-29(38)12-7-24-19-31(39(2)22-24)34(43)35-13-14-40-15-17-45-18-16-40;3-2(4,5)1(6)7/h4-6,8-11,19-23H,7,12-18H2,1-3H3,(H,35,43)(H,36,42)(H,37,41);(H,6,7). The highest BCUT2D eigenvalue weighted by Gasteiger charge is 2.38. The van der Waals surface area contributed by atoms with Gasteiger partial charge in [0.25, 0.3) is 17.7 Å². The molecule has 1 saturated heterocycles. The molecule has 13 nitrogen and oxygen atoms in total. The zero-order chi connectivity index (χ0) is 37.8. The molecule has 1 fully saturated rings. The fraction of sp³-hybridized carbons (Fsp3) is 0.333. The van der Waals surface area contributed by atoms with E-state index in [4.69, 9.17) is 19.4 Å². The molecule has 5 rings (SSSR count). The van der Waals surface area contributed by atoms with Crippen LogP contribution in [-0.2, 0) is 36.5 Å². The molecule has 52 heavy (non-hydrogen) atoms. The van der Waals surface area contributed by atoms with Crippen LogP contribution in [0.15, 0.2) is 73.1 Å². The van der Waals surface area contributed by atoms with Crippen LogP contribution in [0.3, 0.4) is 0 Å².